The summed E-state index contributed by atoms with van der Waals surface area (Å²) in [5.41, 5.74) is 5.95. The number of rotatable bonds is 5. The fraction of sp³-hybridized carbons (Fsp3) is 0.231. The third kappa shape index (κ3) is 3.39. The molecule has 6 nitrogen and oxygen atoms in total. The van der Waals surface area contributed by atoms with E-state index in [2.05, 4.69) is 9.71 Å². The molecule has 110 valence electrons. The van der Waals surface area contributed by atoms with E-state index in [0.29, 0.717) is 17.1 Å². The normalized spacial score (nSPS) is 12.8. The van der Waals surface area contributed by atoms with Crippen LogP contribution < -0.4 is 10.5 Å². The van der Waals surface area contributed by atoms with E-state index in [1.807, 2.05) is 13.0 Å². The van der Waals surface area contributed by atoms with E-state index >= 15 is 0 Å². The van der Waals surface area contributed by atoms with Crippen LogP contribution in [0.15, 0.2) is 34.7 Å². The first kappa shape index (κ1) is 15.4. The van der Waals surface area contributed by atoms with Crippen molar-refractivity contribution in [3.8, 4) is 6.07 Å². The number of hydrogen-bond acceptors (Lipinski definition) is 6. The maximum atomic E-state index is 12.5. The highest BCUT2D eigenvalue weighted by atomic mass is 32.2. The average molecular weight is 322 g/mol. The smallest absolute Gasteiger partial charge is 0.242 e. The Hall–Kier alpha value is -1.95. The third-order valence-electron chi connectivity index (χ3n) is 2.87. The third-order valence-corrected chi connectivity index (χ3v) is 5.29. The molecule has 3 N–H and O–H groups in total. The molecule has 1 atom stereocenters. The van der Waals surface area contributed by atoms with Crippen LogP contribution in [0.1, 0.15) is 30.0 Å². The molecule has 0 aliphatic rings. The number of nitrogens with two attached hydrogens (primary N) is 1. The molecule has 1 heterocycles. The maximum Gasteiger partial charge on any atom is 0.242 e. The summed E-state index contributed by atoms with van der Waals surface area (Å²) in [4.78, 5) is 4.05. The lowest BCUT2D eigenvalue weighted by molar-refractivity contribution is 0.549. The van der Waals surface area contributed by atoms with Gasteiger partial charge in [0.15, 0.2) is 0 Å². The van der Waals surface area contributed by atoms with E-state index in [4.69, 9.17) is 11.0 Å². The van der Waals surface area contributed by atoms with Gasteiger partial charge in [-0.15, -0.1) is 11.3 Å². The molecule has 0 saturated carbocycles. The zero-order valence-electron chi connectivity index (χ0n) is 11.3. The molecule has 21 heavy (non-hydrogen) atoms. The molecule has 2 aromatic rings. The van der Waals surface area contributed by atoms with Gasteiger partial charge < -0.3 is 5.73 Å². The van der Waals surface area contributed by atoms with Crippen LogP contribution in [0.3, 0.4) is 0 Å². The second-order valence-corrected chi connectivity index (χ2v) is 6.93. The zero-order chi connectivity index (χ0) is 15.5. The van der Waals surface area contributed by atoms with Gasteiger partial charge in [-0.05, 0) is 24.6 Å². The number of aromatic nitrogens is 1. The topological polar surface area (TPSA) is 109 Å². The van der Waals surface area contributed by atoms with Crippen LogP contribution >= 0.6 is 11.3 Å². The minimum absolute atomic E-state index is 0.0245. The largest absolute Gasteiger partial charge is 0.399 e. The van der Waals surface area contributed by atoms with Gasteiger partial charge in [-0.25, -0.2) is 18.1 Å². The van der Waals surface area contributed by atoms with Crippen molar-refractivity contribution in [2.45, 2.75) is 24.3 Å². The zero-order valence-corrected chi connectivity index (χ0v) is 12.9. The molecule has 0 fully saturated rings. The van der Waals surface area contributed by atoms with Gasteiger partial charge in [0.1, 0.15) is 11.1 Å². The summed E-state index contributed by atoms with van der Waals surface area (Å²) in [6, 6.07) is 5.58. The molecule has 0 amide bonds. The monoisotopic (exact) mass is 322 g/mol. The Morgan fingerprint density at radius 3 is 2.86 bits per heavy atom. The minimum Gasteiger partial charge on any atom is -0.399 e. The van der Waals surface area contributed by atoms with Crippen LogP contribution in [-0.2, 0) is 10.0 Å². The van der Waals surface area contributed by atoms with Gasteiger partial charge in [0.05, 0.1) is 16.5 Å². The highest BCUT2D eigenvalue weighted by molar-refractivity contribution is 7.89. The van der Waals surface area contributed by atoms with Crippen molar-refractivity contribution >= 4 is 27.0 Å². The number of nitrogens with zero attached hydrogens (tertiary/aromatic N) is 2. The molecule has 0 radical (unpaired) electrons. The quantitative estimate of drug-likeness (QED) is 0.819. The summed E-state index contributed by atoms with van der Waals surface area (Å²) >= 11 is 1.38. The van der Waals surface area contributed by atoms with Crippen LogP contribution in [0.2, 0.25) is 0 Å². The Balaban J connectivity index is 2.37. The van der Waals surface area contributed by atoms with E-state index < -0.39 is 16.1 Å². The Kier molecular flexibility index (Phi) is 4.57. The number of nitriles is 1. The number of nitrogen functional groups attached to an aromatic ring is 1. The Labute approximate surface area is 127 Å². The van der Waals surface area contributed by atoms with Gasteiger partial charge in [-0.3, -0.25) is 0 Å². The highest BCUT2D eigenvalue weighted by Crippen LogP contribution is 2.24. The van der Waals surface area contributed by atoms with Crippen molar-refractivity contribution in [2.24, 2.45) is 0 Å². The first-order valence-electron chi connectivity index (χ1n) is 6.19. The summed E-state index contributed by atoms with van der Waals surface area (Å²) in [6.45, 7) is 1.86. The van der Waals surface area contributed by atoms with Crippen LogP contribution in [0.25, 0.3) is 0 Å². The molecular formula is C13H14N4O2S2. The predicted molar refractivity (Wildman–Crippen MR) is 81.0 cm³/mol. The van der Waals surface area contributed by atoms with Crippen LogP contribution in [0, 0.1) is 11.3 Å². The molecule has 2 rings (SSSR count). The van der Waals surface area contributed by atoms with Crippen molar-refractivity contribution in [3.05, 3.63) is 40.3 Å². The lowest BCUT2D eigenvalue weighted by Gasteiger charge is -2.15. The first-order valence-corrected chi connectivity index (χ1v) is 8.55. The lowest BCUT2D eigenvalue weighted by atomic mass is 10.2. The highest BCUT2D eigenvalue weighted by Gasteiger charge is 2.24. The van der Waals surface area contributed by atoms with Crippen molar-refractivity contribution in [3.63, 3.8) is 0 Å². The van der Waals surface area contributed by atoms with Gasteiger partial charge >= 0.3 is 0 Å². The Bertz CT molecular complexity index is 764. The van der Waals surface area contributed by atoms with E-state index in [1.54, 1.807) is 11.6 Å². The lowest BCUT2D eigenvalue weighted by Crippen LogP contribution is -2.28. The average Bonchev–Trinajstić information content (AvgIpc) is 2.98. The van der Waals surface area contributed by atoms with Gasteiger partial charge in [-0.2, -0.15) is 5.26 Å². The molecular weight excluding hydrogens is 308 g/mol. The van der Waals surface area contributed by atoms with Crippen LogP contribution in [0.4, 0.5) is 5.69 Å². The second-order valence-electron chi connectivity index (χ2n) is 4.32. The Morgan fingerprint density at radius 1 is 1.52 bits per heavy atom. The van der Waals surface area contributed by atoms with Gasteiger partial charge in [0.2, 0.25) is 10.0 Å². The molecule has 0 spiro atoms. The number of nitrogens with one attached hydrogen (secondary N) is 1. The van der Waals surface area contributed by atoms with E-state index in [0.717, 1.165) is 0 Å². The number of benzene rings is 1. The molecule has 0 aliphatic heterocycles. The first-order chi connectivity index (χ1) is 9.97. The summed E-state index contributed by atoms with van der Waals surface area (Å²) < 4.78 is 27.5. The number of anilines is 1. The molecule has 1 aromatic carbocycles. The second kappa shape index (κ2) is 6.22. The van der Waals surface area contributed by atoms with Crippen molar-refractivity contribution in [1.82, 2.24) is 9.71 Å². The maximum absolute atomic E-state index is 12.5. The molecule has 0 aliphatic carbocycles. The fourth-order valence-corrected chi connectivity index (χ4v) is 4.10. The molecule has 0 bridgehead atoms. The fourth-order valence-electron chi connectivity index (χ4n) is 1.84. The summed E-state index contributed by atoms with van der Waals surface area (Å²) in [5.74, 6) is 0. The SMILES string of the molecule is CCC(NS(=O)(=O)c1ccc(N)cc1C#N)c1nccs1. The van der Waals surface area contributed by atoms with Crippen LogP contribution in [-0.4, -0.2) is 13.4 Å². The molecule has 0 saturated heterocycles. The van der Waals surface area contributed by atoms with Gasteiger partial charge in [0, 0.05) is 17.3 Å². The van der Waals surface area contributed by atoms with E-state index in [1.165, 1.54) is 29.5 Å². The van der Waals surface area contributed by atoms with Crippen molar-refractivity contribution in [1.29, 1.82) is 5.26 Å². The summed E-state index contributed by atoms with van der Waals surface area (Å²) in [7, 11) is -3.82. The number of sulfonamides is 1. The summed E-state index contributed by atoms with van der Waals surface area (Å²) in [5, 5.41) is 11.6. The number of thiazole rings is 1. The molecule has 1 aromatic heterocycles. The predicted octanol–water partition coefficient (Wildman–Crippen LogP) is 2.03. The Morgan fingerprint density at radius 2 is 2.29 bits per heavy atom. The van der Waals surface area contributed by atoms with Crippen molar-refractivity contribution in [2.75, 3.05) is 5.73 Å². The standard InChI is InChI=1S/C13H14N4O2S2/c1-2-11(13-16-5-6-20-13)17-21(18,19)12-4-3-10(15)7-9(12)8-14/h3-7,11,17H,2,15H2,1H3. The van der Waals surface area contributed by atoms with Gasteiger partial charge in [-0.1, -0.05) is 6.92 Å². The minimum atomic E-state index is -3.82. The van der Waals surface area contributed by atoms with Crippen molar-refractivity contribution < 1.29 is 8.42 Å². The van der Waals surface area contributed by atoms with Gasteiger partial charge in [0.25, 0.3) is 0 Å². The van der Waals surface area contributed by atoms with E-state index in [-0.39, 0.29) is 10.5 Å². The molecule has 1 unspecified atom stereocenters. The number of hydrogen-bond donors (Lipinski definition) is 2. The molecule has 8 heteroatoms. The van der Waals surface area contributed by atoms with E-state index in [9.17, 15) is 8.42 Å². The van der Waals surface area contributed by atoms with Crippen LogP contribution in [0.5, 0.6) is 0 Å². The summed E-state index contributed by atoms with van der Waals surface area (Å²) in [6.07, 6.45) is 2.19.